The molecule has 2 heterocycles. The number of fused-ring (bicyclic) bond motifs is 1. The Labute approximate surface area is 111 Å². The standard InChI is InChI=1S/C10H13F3N4O3/c1-3-20-7(18)6-5(2)17-8(14-4-15-17)16-9(6,19)10(11,12)13/h4-6,19H,3H2,1-2H3,(H,14,15,16). The third-order valence-electron chi connectivity index (χ3n) is 3.17. The molecule has 2 rings (SSSR count). The van der Waals surface area contributed by atoms with E-state index in [1.165, 1.54) is 13.8 Å². The molecule has 0 amide bonds. The van der Waals surface area contributed by atoms with Crippen molar-refractivity contribution in [1.82, 2.24) is 14.8 Å². The van der Waals surface area contributed by atoms with Crippen LogP contribution in [0.1, 0.15) is 19.9 Å². The summed E-state index contributed by atoms with van der Waals surface area (Å²) in [4.78, 5) is 15.4. The number of hydrogen-bond donors (Lipinski definition) is 2. The Morgan fingerprint density at radius 1 is 1.65 bits per heavy atom. The third-order valence-corrected chi connectivity index (χ3v) is 3.17. The van der Waals surface area contributed by atoms with Gasteiger partial charge >= 0.3 is 12.1 Å². The summed E-state index contributed by atoms with van der Waals surface area (Å²) in [6.45, 7) is 2.70. The van der Waals surface area contributed by atoms with E-state index in [1.54, 1.807) is 0 Å². The fraction of sp³-hybridized carbons (Fsp3) is 0.700. The second-order valence-electron chi connectivity index (χ2n) is 4.39. The fourth-order valence-electron chi connectivity index (χ4n) is 2.22. The number of aromatic nitrogens is 3. The van der Waals surface area contributed by atoms with Crippen LogP contribution in [0, 0.1) is 5.92 Å². The molecule has 0 saturated carbocycles. The monoisotopic (exact) mass is 294 g/mol. The van der Waals surface area contributed by atoms with Crippen LogP contribution in [0.2, 0.25) is 0 Å². The Balaban J connectivity index is 2.51. The topological polar surface area (TPSA) is 89.3 Å². The SMILES string of the molecule is CCOC(=O)C1C(C)n2ncnc2NC1(O)C(F)(F)F. The lowest BCUT2D eigenvalue weighted by Gasteiger charge is -2.42. The molecule has 0 radical (unpaired) electrons. The molecule has 0 bridgehead atoms. The van der Waals surface area contributed by atoms with Gasteiger partial charge in [-0.2, -0.15) is 23.3 Å². The number of aliphatic hydroxyl groups is 1. The van der Waals surface area contributed by atoms with E-state index in [0.29, 0.717) is 0 Å². The van der Waals surface area contributed by atoms with E-state index < -0.39 is 29.8 Å². The minimum atomic E-state index is -5.09. The largest absolute Gasteiger partial charge is 0.466 e. The first-order valence-corrected chi connectivity index (χ1v) is 5.85. The first-order valence-electron chi connectivity index (χ1n) is 5.85. The maximum atomic E-state index is 13.2. The third kappa shape index (κ3) is 1.99. The molecule has 1 aliphatic heterocycles. The summed E-state index contributed by atoms with van der Waals surface area (Å²) >= 11 is 0. The van der Waals surface area contributed by atoms with Gasteiger partial charge in [0.05, 0.1) is 12.6 Å². The van der Waals surface area contributed by atoms with Gasteiger partial charge in [-0.25, -0.2) is 4.68 Å². The second-order valence-corrected chi connectivity index (χ2v) is 4.39. The number of alkyl halides is 3. The van der Waals surface area contributed by atoms with Crippen molar-refractivity contribution in [2.24, 2.45) is 5.92 Å². The highest BCUT2D eigenvalue weighted by Crippen LogP contribution is 2.45. The van der Waals surface area contributed by atoms with Crippen LogP contribution in [0.3, 0.4) is 0 Å². The summed E-state index contributed by atoms with van der Waals surface area (Å²) in [6, 6.07) is -1.07. The summed E-state index contributed by atoms with van der Waals surface area (Å²) in [5.74, 6) is -3.32. The van der Waals surface area contributed by atoms with E-state index in [0.717, 1.165) is 11.0 Å². The van der Waals surface area contributed by atoms with Gasteiger partial charge < -0.3 is 15.2 Å². The molecule has 1 aromatic rings. The summed E-state index contributed by atoms with van der Waals surface area (Å²) in [7, 11) is 0. The summed E-state index contributed by atoms with van der Waals surface area (Å²) in [5, 5.41) is 15.5. The Kier molecular flexibility index (Phi) is 3.36. The van der Waals surface area contributed by atoms with Crippen molar-refractivity contribution in [2.45, 2.75) is 31.8 Å². The van der Waals surface area contributed by atoms with Gasteiger partial charge in [-0.05, 0) is 13.8 Å². The Bertz CT molecular complexity index is 518. The van der Waals surface area contributed by atoms with Crippen LogP contribution in [0.15, 0.2) is 6.33 Å². The van der Waals surface area contributed by atoms with E-state index in [1.807, 2.05) is 5.32 Å². The van der Waals surface area contributed by atoms with Crippen LogP contribution >= 0.6 is 0 Å². The van der Waals surface area contributed by atoms with Gasteiger partial charge in [0.1, 0.15) is 12.2 Å². The molecule has 10 heteroatoms. The minimum Gasteiger partial charge on any atom is -0.466 e. The molecule has 20 heavy (non-hydrogen) atoms. The van der Waals surface area contributed by atoms with Gasteiger partial charge in [0, 0.05) is 0 Å². The number of esters is 1. The molecule has 0 spiro atoms. The van der Waals surface area contributed by atoms with Gasteiger partial charge in [-0.1, -0.05) is 0 Å². The maximum absolute atomic E-state index is 13.2. The number of halogens is 3. The van der Waals surface area contributed by atoms with Crippen LogP contribution in [-0.4, -0.2) is 44.3 Å². The molecule has 0 saturated heterocycles. The normalized spacial score (nSPS) is 29.5. The molecule has 1 aromatic heterocycles. The first kappa shape index (κ1) is 14.6. The van der Waals surface area contributed by atoms with Crippen molar-refractivity contribution in [2.75, 3.05) is 11.9 Å². The number of carbonyl (C=O) groups is 1. The predicted octanol–water partition coefficient (Wildman–Crippen LogP) is 0.695. The lowest BCUT2D eigenvalue weighted by Crippen LogP contribution is -2.64. The van der Waals surface area contributed by atoms with Crippen molar-refractivity contribution >= 4 is 11.9 Å². The van der Waals surface area contributed by atoms with Crippen LogP contribution < -0.4 is 5.32 Å². The van der Waals surface area contributed by atoms with Crippen molar-refractivity contribution < 1.29 is 27.8 Å². The average Bonchev–Trinajstić information content (AvgIpc) is 2.75. The lowest BCUT2D eigenvalue weighted by molar-refractivity contribution is -0.275. The van der Waals surface area contributed by atoms with E-state index in [-0.39, 0.29) is 12.6 Å². The molecule has 0 fully saturated rings. The first-order chi connectivity index (χ1) is 9.22. The highest BCUT2D eigenvalue weighted by Gasteiger charge is 2.66. The zero-order valence-corrected chi connectivity index (χ0v) is 10.7. The molecular weight excluding hydrogens is 281 g/mol. The van der Waals surface area contributed by atoms with Crippen LogP contribution in [0.5, 0.6) is 0 Å². The van der Waals surface area contributed by atoms with Gasteiger partial charge in [0.25, 0.3) is 5.72 Å². The lowest BCUT2D eigenvalue weighted by atomic mass is 9.87. The molecule has 7 nitrogen and oxygen atoms in total. The molecule has 112 valence electrons. The molecule has 0 aliphatic carbocycles. The van der Waals surface area contributed by atoms with Gasteiger partial charge in [-0.15, -0.1) is 0 Å². The van der Waals surface area contributed by atoms with E-state index >= 15 is 0 Å². The molecule has 3 unspecified atom stereocenters. The highest BCUT2D eigenvalue weighted by molar-refractivity contribution is 5.76. The summed E-state index contributed by atoms with van der Waals surface area (Å²) in [6.07, 6.45) is -4.06. The van der Waals surface area contributed by atoms with Crippen LogP contribution in [0.25, 0.3) is 0 Å². The van der Waals surface area contributed by atoms with Crippen molar-refractivity contribution in [3.63, 3.8) is 0 Å². The van der Waals surface area contributed by atoms with E-state index in [9.17, 15) is 23.1 Å². The number of carbonyl (C=O) groups excluding carboxylic acids is 1. The molecule has 0 aromatic carbocycles. The van der Waals surface area contributed by atoms with Gasteiger partial charge in [0.15, 0.2) is 0 Å². The number of anilines is 1. The van der Waals surface area contributed by atoms with Gasteiger partial charge in [0.2, 0.25) is 5.95 Å². The maximum Gasteiger partial charge on any atom is 0.437 e. The minimum absolute atomic E-state index is 0.0970. The molecular formula is C10H13F3N4O3. The van der Waals surface area contributed by atoms with Crippen molar-refractivity contribution in [1.29, 1.82) is 0 Å². The van der Waals surface area contributed by atoms with Crippen LogP contribution in [-0.2, 0) is 9.53 Å². The quantitative estimate of drug-likeness (QED) is 0.780. The molecule has 3 atom stereocenters. The zero-order valence-electron chi connectivity index (χ0n) is 10.7. The molecule has 2 N–H and O–H groups in total. The smallest absolute Gasteiger partial charge is 0.437 e. The number of nitrogens with one attached hydrogen (secondary N) is 1. The highest BCUT2D eigenvalue weighted by atomic mass is 19.4. The number of ether oxygens (including phenoxy) is 1. The van der Waals surface area contributed by atoms with Crippen LogP contribution in [0.4, 0.5) is 19.1 Å². The van der Waals surface area contributed by atoms with Gasteiger partial charge in [-0.3, -0.25) is 4.79 Å². The Morgan fingerprint density at radius 2 is 2.30 bits per heavy atom. The van der Waals surface area contributed by atoms with E-state index in [4.69, 9.17) is 0 Å². The Morgan fingerprint density at radius 3 is 2.85 bits per heavy atom. The zero-order chi connectivity index (χ0) is 15.1. The molecule has 1 aliphatic rings. The van der Waals surface area contributed by atoms with Crippen molar-refractivity contribution in [3.8, 4) is 0 Å². The number of hydrogen-bond acceptors (Lipinski definition) is 6. The summed E-state index contributed by atoms with van der Waals surface area (Å²) < 4.78 is 45.2. The number of rotatable bonds is 2. The predicted molar refractivity (Wildman–Crippen MR) is 59.5 cm³/mol. The van der Waals surface area contributed by atoms with Crippen molar-refractivity contribution in [3.05, 3.63) is 6.33 Å². The van der Waals surface area contributed by atoms with E-state index in [2.05, 4.69) is 14.8 Å². The fourth-order valence-corrected chi connectivity index (χ4v) is 2.22. The second kappa shape index (κ2) is 4.62. The number of nitrogens with zero attached hydrogens (tertiary/aromatic N) is 3. The summed E-state index contributed by atoms with van der Waals surface area (Å²) in [5.41, 5.74) is -3.46. The average molecular weight is 294 g/mol. The Hall–Kier alpha value is -1.84.